The standard InChI is InChI=1S/C13H19BrN2O/c1-10-4-2-6-13(8-10,9-17)16-12-11(14)5-3-7-15-12/h3,5,7,10,17H,2,4,6,8-9H2,1H3,(H,15,16). The van der Waals surface area contributed by atoms with Crippen LogP contribution in [0, 0.1) is 5.92 Å². The van der Waals surface area contributed by atoms with Crippen LogP contribution in [0.4, 0.5) is 5.82 Å². The van der Waals surface area contributed by atoms with Gasteiger partial charge in [-0.25, -0.2) is 4.98 Å². The number of hydrogen-bond acceptors (Lipinski definition) is 3. The fourth-order valence-corrected chi connectivity index (χ4v) is 3.04. The van der Waals surface area contributed by atoms with Gasteiger partial charge in [0.05, 0.1) is 16.6 Å². The number of anilines is 1. The number of nitrogens with one attached hydrogen (secondary N) is 1. The first-order valence-electron chi connectivity index (χ1n) is 6.15. The number of aromatic nitrogens is 1. The molecule has 1 aromatic heterocycles. The molecule has 1 aromatic rings. The van der Waals surface area contributed by atoms with Crippen LogP contribution in [0.2, 0.25) is 0 Å². The van der Waals surface area contributed by atoms with Gasteiger partial charge < -0.3 is 10.4 Å². The van der Waals surface area contributed by atoms with Crippen LogP contribution in [0.1, 0.15) is 32.6 Å². The number of aliphatic hydroxyl groups excluding tert-OH is 1. The average Bonchev–Trinajstić information content (AvgIpc) is 2.32. The maximum absolute atomic E-state index is 9.71. The van der Waals surface area contributed by atoms with E-state index < -0.39 is 0 Å². The van der Waals surface area contributed by atoms with E-state index in [2.05, 4.69) is 33.2 Å². The minimum Gasteiger partial charge on any atom is -0.394 e. The van der Waals surface area contributed by atoms with E-state index in [-0.39, 0.29) is 12.1 Å². The SMILES string of the molecule is CC1CCCC(CO)(Nc2ncccc2Br)C1. The number of pyridine rings is 1. The number of hydrogen-bond donors (Lipinski definition) is 2. The number of rotatable bonds is 3. The molecule has 1 fully saturated rings. The molecule has 2 N–H and O–H groups in total. The molecule has 1 saturated carbocycles. The first-order chi connectivity index (χ1) is 8.15. The number of halogens is 1. The zero-order valence-electron chi connectivity index (χ0n) is 10.1. The van der Waals surface area contributed by atoms with Gasteiger partial charge in [0.15, 0.2) is 0 Å². The van der Waals surface area contributed by atoms with Crippen LogP contribution in [-0.4, -0.2) is 22.2 Å². The lowest BCUT2D eigenvalue weighted by Crippen LogP contribution is -2.46. The van der Waals surface area contributed by atoms with Crippen molar-refractivity contribution in [2.24, 2.45) is 5.92 Å². The second-order valence-electron chi connectivity index (χ2n) is 5.10. The van der Waals surface area contributed by atoms with Gasteiger partial charge in [0, 0.05) is 6.20 Å². The summed E-state index contributed by atoms with van der Waals surface area (Å²) in [4.78, 5) is 4.32. The van der Waals surface area contributed by atoms with E-state index >= 15 is 0 Å². The first kappa shape index (κ1) is 12.8. The highest BCUT2D eigenvalue weighted by Crippen LogP contribution is 2.35. The fraction of sp³-hybridized carbons (Fsp3) is 0.615. The van der Waals surface area contributed by atoms with Crippen molar-refractivity contribution >= 4 is 21.7 Å². The Kier molecular flexibility index (Phi) is 4.05. The summed E-state index contributed by atoms with van der Waals surface area (Å²) in [6.07, 6.45) is 6.21. The molecule has 3 nitrogen and oxygen atoms in total. The third-order valence-corrected chi connectivity index (χ3v) is 4.18. The normalized spacial score (nSPS) is 29.0. The van der Waals surface area contributed by atoms with Crippen molar-refractivity contribution in [3.63, 3.8) is 0 Å². The van der Waals surface area contributed by atoms with Gasteiger partial charge >= 0.3 is 0 Å². The largest absolute Gasteiger partial charge is 0.394 e. The van der Waals surface area contributed by atoms with Gasteiger partial charge in [0.1, 0.15) is 5.82 Å². The molecule has 0 saturated heterocycles. The lowest BCUT2D eigenvalue weighted by Gasteiger charge is -2.40. The van der Waals surface area contributed by atoms with E-state index in [0.717, 1.165) is 23.1 Å². The highest BCUT2D eigenvalue weighted by molar-refractivity contribution is 9.10. The van der Waals surface area contributed by atoms with Crippen LogP contribution in [0.15, 0.2) is 22.8 Å². The summed E-state index contributed by atoms with van der Waals surface area (Å²) in [5.74, 6) is 1.49. The number of aliphatic hydroxyl groups is 1. The molecule has 1 heterocycles. The maximum atomic E-state index is 9.71. The van der Waals surface area contributed by atoms with Crippen molar-refractivity contribution in [1.82, 2.24) is 4.98 Å². The maximum Gasteiger partial charge on any atom is 0.140 e. The second-order valence-corrected chi connectivity index (χ2v) is 5.95. The third kappa shape index (κ3) is 2.99. The lowest BCUT2D eigenvalue weighted by atomic mass is 9.77. The Morgan fingerprint density at radius 3 is 3.12 bits per heavy atom. The molecule has 0 aromatic carbocycles. The molecular formula is C13H19BrN2O. The minimum atomic E-state index is -0.200. The zero-order chi connectivity index (χ0) is 12.3. The summed E-state index contributed by atoms with van der Waals surface area (Å²) in [5.41, 5.74) is -0.200. The highest BCUT2D eigenvalue weighted by Gasteiger charge is 2.34. The van der Waals surface area contributed by atoms with Crippen molar-refractivity contribution in [3.8, 4) is 0 Å². The smallest absolute Gasteiger partial charge is 0.140 e. The van der Waals surface area contributed by atoms with Gasteiger partial charge in [0.25, 0.3) is 0 Å². The van der Waals surface area contributed by atoms with E-state index in [1.807, 2.05) is 12.1 Å². The topological polar surface area (TPSA) is 45.1 Å². The van der Waals surface area contributed by atoms with Crippen LogP contribution < -0.4 is 5.32 Å². The summed E-state index contributed by atoms with van der Waals surface area (Å²) in [7, 11) is 0. The van der Waals surface area contributed by atoms with Gasteiger partial charge in [-0.3, -0.25) is 0 Å². The van der Waals surface area contributed by atoms with Gasteiger partial charge in [-0.15, -0.1) is 0 Å². The van der Waals surface area contributed by atoms with Gasteiger partial charge in [0.2, 0.25) is 0 Å². The predicted molar refractivity (Wildman–Crippen MR) is 73.0 cm³/mol. The Balaban J connectivity index is 2.17. The molecule has 2 unspecified atom stereocenters. The van der Waals surface area contributed by atoms with Crippen molar-refractivity contribution in [2.75, 3.05) is 11.9 Å². The van der Waals surface area contributed by atoms with Crippen LogP contribution in [-0.2, 0) is 0 Å². The monoisotopic (exact) mass is 298 g/mol. The van der Waals surface area contributed by atoms with E-state index in [4.69, 9.17) is 0 Å². The van der Waals surface area contributed by atoms with E-state index in [0.29, 0.717) is 5.92 Å². The molecular weight excluding hydrogens is 280 g/mol. The predicted octanol–water partition coefficient (Wildman–Crippen LogP) is 3.20. The quantitative estimate of drug-likeness (QED) is 0.901. The molecule has 1 aliphatic rings. The van der Waals surface area contributed by atoms with E-state index in [1.165, 1.54) is 12.8 Å². The van der Waals surface area contributed by atoms with Gasteiger partial charge in [-0.2, -0.15) is 0 Å². The Bertz CT molecular complexity index is 385. The van der Waals surface area contributed by atoms with Crippen molar-refractivity contribution in [2.45, 2.75) is 38.1 Å². The highest BCUT2D eigenvalue weighted by atomic mass is 79.9. The Labute approximate surface area is 111 Å². The van der Waals surface area contributed by atoms with E-state index in [9.17, 15) is 5.11 Å². The van der Waals surface area contributed by atoms with Crippen LogP contribution >= 0.6 is 15.9 Å². The van der Waals surface area contributed by atoms with Gasteiger partial charge in [-0.05, 0) is 46.8 Å². The Morgan fingerprint density at radius 2 is 2.47 bits per heavy atom. The molecule has 94 valence electrons. The van der Waals surface area contributed by atoms with Crippen LogP contribution in [0.5, 0.6) is 0 Å². The second kappa shape index (κ2) is 5.36. The first-order valence-corrected chi connectivity index (χ1v) is 6.94. The third-order valence-electron chi connectivity index (χ3n) is 3.54. The summed E-state index contributed by atoms with van der Waals surface area (Å²) in [6, 6.07) is 3.86. The molecule has 17 heavy (non-hydrogen) atoms. The molecule has 0 radical (unpaired) electrons. The number of nitrogens with zero attached hydrogens (tertiary/aromatic N) is 1. The summed E-state index contributed by atoms with van der Waals surface area (Å²) in [5, 5.41) is 13.1. The van der Waals surface area contributed by atoms with Gasteiger partial charge in [-0.1, -0.05) is 19.8 Å². The molecule has 2 atom stereocenters. The van der Waals surface area contributed by atoms with Crippen LogP contribution in [0.25, 0.3) is 0 Å². The summed E-state index contributed by atoms with van der Waals surface area (Å²) >= 11 is 3.48. The summed E-state index contributed by atoms with van der Waals surface area (Å²) in [6.45, 7) is 2.42. The average molecular weight is 299 g/mol. The molecule has 0 amide bonds. The van der Waals surface area contributed by atoms with E-state index in [1.54, 1.807) is 6.20 Å². The molecule has 4 heteroatoms. The van der Waals surface area contributed by atoms with Crippen LogP contribution in [0.3, 0.4) is 0 Å². The minimum absolute atomic E-state index is 0.167. The van der Waals surface area contributed by atoms with Crippen molar-refractivity contribution in [3.05, 3.63) is 22.8 Å². The molecule has 0 spiro atoms. The Hall–Kier alpha value is -0.610. The zero-order valence-corrected chi connectivity index (χ0v) is 11.7. The Morgan fingerprint density at radius 1 is 1.65 bits per heavy atom. The molecule has 0 aliphatic heterocycles. The molecule has 2 rings (SSSR count). The van der Waals surface area contributed by atoms with Crippen molar-refractivity contribution in [1.29, 1.82) is 0 Å². The molecule has 0 bridgehead atoms. The summed E-state index contributed by atoms with van der Waals surface area (Å²) < 4.78 is 0.950. The lowest BCUT2D eigenvalue weighted by molar-refractivity contribution is 0.149. The van der Waals surface area contributed by atoms with Crippen molar-refractivity contribution < 1.29 is 5.11 Å². The fourth-order valence-electron chi connectivity index (χ4n) is 2.69. The molecule has 1 aliphatic carbocycles.